The van der Waals surface area contributed by atoms with Gasteiger partial charge in [-0.2, -0.15) is 0 Å². The predicted octanol–water partition coefficient (Wildman–Crippen LogP) is 3.45. The Balaban J connectivity index is 1.76. The molecule has 3 rings (SSSR count). The van der Waals surface area contributed by atoms with Crippen molar-refractivity contribution >= 4 is 11.8 Å². The molecular formula is C18H15N3O2. The van der Waals surface area contributed by atoms with Gasteiger partial charge in [0, 0.05) is 18.0 Å². The number of hydrogen-bond donors (Lipinski definition) is 2. The van der Waals surface area contributed by atoms with Crippen LogP contribution in [0.3, 0.4) is 0 Å². The van der Waals surface area contributed by atoms with E-state index in [-0.39, 0.29) is 5.56 Å². The molecule has 2 N–H and O–H groups in total. The number of carboxylic acid groups (broad SMARTS) is 1. The molecule has 23 heavy (non-hydrogen) atoms. The third kappa shape index (κ3) is 3.52. The summed E-state index contributed by atoms with van der Waals surface area (Å²) < 4.78 is 0. The summed E-state index contributed by atoms with van der Waals surface area (Å²) in [6, 6.07) is 16.3. The Morgan fingerprint density at radius 1 is 1.00 bits per heavy atom. The van der Waals surface area contributed by atoms with Crippen LogP contribution in [0, 0.1) is 0 Å². The highest BCUT2D eigenvalue weighted by atomic mass is 16.4. The van der Waals surface area contributed by atoms with Crippen LogP contribution in [-0.2, 0) is 6.54 Å². The van der Waals surface area contributed by atoms with E-state index < -0.39 is 5.97 Å². The van der Waals surface area contributed by atoms with Crippen LogP contribution in [0.2, 0.25) is 0 Å². The molecule has 0 atom stereocenters. The first-order valence-electron chi connectivity index (χ1n) is 7.16. The van der Waals surface area contributed by atoms with Crippen LogP contribution in [0.4, 0.5) is 5.82 Å². The molecule has 1 aromatic carbocycles. The maximum absolute atomic E-state index is 11.3. The van der Waals surface area contributed by atoms with E-state index in [2.05, 4.69) is 15.3 Å². The van der Waals surface area contributed by atoms with Crippen molar-refractivity contribution in [3.63, 3.8) is 0 Å². The molecule has 114 valence electrons. The Hall–Kier alpha value is -3.21. The van der Waals surface area contributed by atoms with E-state index >= 15 is 0 Å². The summed E-state index contributed by atoms with van der Waals surface area (Å²) in [7, 11) is 0. The lowest BCUT2D eigenvalue weighted by molar-refractivity contribution is 0.0697. The zero-order valence-corrected chi connectivity index (χ0v) is 12.3. The maximum Gasteiger partial charge on any atom is 0.336 e. The number of rotatable bonds is 5. The van der Waals surface area contributed by atoms with Crippen molar-refractivity contribution in [3.05, 3.63) is 78.2 Å². The van der Waals surface area contributed by atoms with E-state index in [9.17, 15) is 9.90 Å². The first kappa shape index (κ1) is 14.7. The van der Waals surface area contributed by atoms with Crippen LogP contribution >= 0.6 is 0 Å². The van der Waals surface area contributed by atoms with Gasteiger partial charge in [-0.05, 0) is 29.8 Å². The number of aromatic nitrogens is 2. The fraction of sp³-hybridized carbons (Fsp3) is 0.0556. The molecule has 5 heteroatoms. The van der Waals surface area contributed by atoms with Gasteiger partial charge in [-0.1, -0.05) is 30.3 Å². The SMILES string of the molecule is O=C(O)c1ccccc1-c1ccc(CNc2ccccn2)nc1. The highest BCUT2D eigenvalue weighted by Gasteiger charge is 2.10. The molecule has 0 aliphatic carbocycles. The minimum atomic E-state index is -0.943. The van der Waals surface area contributed by atoms with Gasteiger partial charge in [-0.3, -0.25) is 4.98 Å². The lowest BCUT2D eigenvalue weighted by atomic mass is 10.0. The van der Waals surface area contributed by atoms with E-state index in [1.54, 1.807) is 30.6 Å². The molecule has 0 spiro atoms. The number of carbonyl (C=O) groups is 1. The second-order valence-corrected chi connectivity index (χ2v) is 4.96. The fourth-order valence-corrected chi connectivity index (χ4v) is 2.26. The van der Waals surface area contributed by atoms with Gasteiger partial charge < -0.3 is 10.4 Å². The van der Waals surface area contributed by atoms with Crippen molar-refractivity contribution in [2.45, 2.75) is 6.54 Å². The Labute approximate surface area is 133 Å². The molecular weight excluding hydrogens is 290 g/mol. The van der Waals surface area contributed by atoms with Gasteiger partial charge in [0.1, 0.15) is 5.82 Å². The number of nitrogens with one attached hydrogen (secondary N) is 1. The van der Waals surface area contributed by atoms with E-state index in [0.29, 0.717) is 12.1 Å². The van der Waals surface area contributed by atoms with E-state index in [4.69, 9.17) is 0 Å². The zero-order valence-electron chi connectivity index (χ0n) is 12.3. The van der Waals surface area contributed by atoms with Crippen LogP contribution < -0.4 is 5.32 Å². The third-order valence-electron chi connectivity index (χ3n) is 3.41. The molecule has 2 heterocycles. The first-order chi connectivity index (χ1) is 11.2. The maximum atomic E-state index is 11.3. The van der Waals surface area contributed by atoms with Gasteiger partial charge in [0.25, 0.3) is 0 Å². The van der Waals surface area contributed by atoms with Crippen molar-refractivity contribution in [1.29, 1.82) is 0 Å². The molecule has 0 saturated carbocycles. The standard InChI is InChI=1S/C18H15N3O2/c22-18(23)16-6-2-1-5-15(16)13-8-9-14(20-11-13)12-21-17-7-3-4-10-19-17/h1-11H,12H2,(H,19,21)(H,22,23). The molecule has 2 aromatic heterocycles. The fourth-order valence-electron chi connectivity index (χ4n) is 2.26. The summed E-state index contributed by atoms with van der Waals surface area (Å²) in [6.07, 6.45) is 3.42. The topological polar surface area (TPSA) is 75.1 Å². The number of anilines is 1. The summed E-state index contributed by atoms with van der Waals surface area (Å²) in [6.45, 7) is 0.553. The van der Waals surface area contributed by atoms with Gasteiger partial charge in [-0.15, -0.1) is 0 Å². The second kappa shape index (κ2) is 6.70. The van der Waals surface area contributed by atoms with Crippen molar-refractivity contribution in [2.24, 2.45) is 0 Å². The Morgan fingerprint density at radius 2 is 1.83 bits per heavy atom. The molecule has 5 nitrogen and oxygen atoms in total. The van der Waals surface area contributed by atoms with Crippen LogP contribution in [0.1, 0.15) is 16.1 Å². The van der Waals surface area contributed by atoms with E-state index in [1.807, 2.05) is 36.4 Å². The summed E-state index contributed by atoms with van der Waals surface area (Å²) in [5, 5.41) is 12.4. The molecule has 0 aliphatic heterocycles. The van der Waals surface area contributed by atoms with Crippen molar-refractivity contribution in [2.75, 3.05) is 5.32 Å². The van der Waals surface area contributed by atoms with Crippen LogP contribution in [0.25, 0.3) is 11.1 Å². The number of pyridine rings is 2. The molecule has 0 fully saturated rings. The number of benzene rings is 1. The monoisotopic (exact) mass is 305 g/mol. The number of nitrogens with zero attached hydrogens (tertiary/aromatic N) is 2. The second-order valence-electron chi connectivity index (χ2n) is 4.96. The third-order valence-corrected chi connectivity index (χ3v) is 3.41. The zero-order chi connectivity index (χ0) is 16.1. The van der Waals surface area contributed by atoms with Gasteiger partial charge >= 0.3 is 5.97 Å². The summed E-state index contributed by atoms with van der Waals surface area (Å²) >= 11 is 0. The molecule has 0 bridgehead atoms. The van der Waals surface area contributed by atoms with Crippen molar-refractivity contribution in [1.82, 2.24) is 9.97 Å². The molecule has 0 unspecified atom stereocenters. The Bertz CT molecular complexity index is 802. The van der Waals surface area contributed by atoms with Gasteiger partial charge in [0.05, 0.1) is 17.8 Å². The van der Waals surface area contributed by atoms with E-state index in [0.717, 1.165) is 17.1 Å². The lowest BCUT2D eigenvalue weighted by Crippen LogP contribution is -2.03. The number of hydrogen-bond acceptors (Lipinski definition) is 4. The predicted molar refractivity (Wildman–Crippen MR) is 88.2 cm³/mol. The first-order valence-corrected chi connectivity index (χ1v) is 7.16. The van der Waals surface area contributed by atoms with Gasteiger partial charge in [0.2, 0.25) is 0 Å². The quantitative estimate of drug-likeness (QED) is 0.755. The van der Waals surface area contributed by atoms with Crippen molar-refractivity contribution < 1.29 is 9.90 Å². The highest BCUT2D eigenvalue weighted by Crippen LogP contribution is 2.23. The minimum Gasteiger partial charge on any atom is -0.478 e. The average molecular weight is 305 g/mol. The Morgan fingerprint density at radius 3 is 2.52 bits per heavy atom. The lowest BCUT2D eigenvalue weighted by Gasteiger charge is -2.08. The molecule has 0 amide bonds. The largest absolute Gasteiger partial charge is 0.478 e. The Kier molecular flexibility index (Phi) is 4.29. The average Bonchev–Trinajstić information content (AvgIpc) is 2.61. The summed E-state index contributed by atoms with van der Waals surface area (Å²) in [5.41, 5.74) is 2.57. The molecule has 0 radical (unpaired) electrons. The normalized spacial score (nSPS) is 10.3. The summed E-state index contributed by atoms with van der Waals surface area (Å²) in [4.78, 5) is 19.9. The molecule has 0 saturated heterocycles. The van der Waals surface area contributed by atoms with Crippen molar-refractivity contribution in [3.8, 4) is 11.1 Å². The molecule has 0 aliphatic rings. The van der Waals surface area contributed by atoms with Crippen LogP contribution in [0.15, 0.2) is 67.0 Å². The van der Waals surface area contributed by atoms with Crippen LogP contribution in [-0.4, -0.2) is 21.0 Å². The summed E-state index contributed by atoms with van der Waals surface area (Å²) in [5.74, 6) is -0.156. The number of carboxylic acids is 1. The smallest absolute Gasteiger partial charge is 0.336 e. The number of aromatic carboxylic acids is 1. The van der Waals surface area contributed by atoms with Crippen LogP contribution in [0.5, 0.6) is 0 Å². The van der Waals surface area contributed by atoms with Gasteiger partial charge in [0.15, 0.2) is 0 Å². The van der Waals surface area contributed by atoms with Gasteiger partial charge in [-0.25, -0.2) is 9.78 Å². The highest BCUT2D eigenvalue weighted by molar-refractivity contribution is 5.95. The minimum absolute atomic E-state index is 0.272. The van der Waals surface area contributed by atoms with E-state index in [1.165, 1.54) is 0 Å². The molecule has 3 aromatic rings.